The number of hydrogen-bond donors (Lipinski definition) is 2. The molecule has 0 saturated carbocycles. The molecule has 2 aromatic carbocycles. The van der Waals surface area contributed by atoms with Crippen LogP contribution < -0.4 is 5.32 Å². The molecular weight excluding hydrogens is 427 g/mol. The van der Waals surface area contributed by atoms with E-state index in [4.69, 9.17) is 10.4 Å². The Labute approximate surface area is 198 Å². The highest BCUT2D eigenvalue weighted by Crippen LogP contribution is 2.38. The number of benzene rings is 2. The number of hydrogen-bond acceptors (Lipinski definition) is 5. The van der Waals surface area contributed by atoms with Gasteiger partial charge in [-0.15, -0.1) is 0 Å². The lowest BCUT2D eigenvalue weighted by atomic mass is 9.94. The summed E-state index contributed by atoms with van der Waals surface area (Å²) >= 11 is 0. The zero-order chi connectivity index (χ0) is 24.2. The number of anilines is 1. The summed E-state index contributed by atoms with van der Waals surface area (Å²) in [6.45, 7) is 1.82. The van der Waals surface area contributed by atoms with E-state index in [0.29, 0.717) is 11.3 Å². The first-order valence-corrected chi connectivity index (χ1v) is 11.1. The number of nitrogens with one attached hydrogen (secondary N) is 2. The van der Waals surface area contributed by atoms with Crippen LogP contribution in [0.15, 0.2) is 54.9 Å². The Kier molecular flexibility index (Phi) is 6.71. The van der Waals surface area contributed by atoms with Crippen LogP contribution in [0.1, 0.15) is 17.5 Å². The molecule has 0 spiro atoms. The summed E-state index contributed by atoms with van der Waals surface area (Å²) in [7, 11) is 5.93. The van der Waals surface area contributed by atoms with Crippen molar-refractivity contribution in [3.05, 3.63) is 71.8 Å². The summed E-state index contributed by atoms with van der Waals surface area (Å²) in [5, 5.41) is 21.0. The summed E-state index contributed by atoms with van der Waals surface area (Å²) in [5.41, 5.74) is 5.56. The second-order valence-corrected chi connectivity index (χ2v) is 8.45. The predicted molar refractivity (Wildman–Crippen MR) is 136 cm³/mol. The highest BCUT2D eigenvalue weighted by molar-refractivity contribution is 6.02. The van der Waals surface area contributed by atoms with Crippen LogP contribution in [-0.4, -0.2) is 48.4 Å². The highest BCUT2D eigenvalue weighted by Gasteiger charge is 2.18. The molecule has 0 saturated heterocycles. The van der Waals surface area contributed by atoms with E-state index in [2.05, 4.69) is 28.9 Å². The van der Waals surface area contributed by atoms with Gasteiger partial charge >= 0.3 is 0 Å². The van der Waals surface area contributed by atoms with Gasteiger partial charge in [-0.1, -0.05) is 12.1 Å². The minimum Gasteiger partial charge on any atom is -0.388 e. The van der Waals surface area contributed by atoms with Crippen LogP contribution in [0.2, 0.25) is 0 Å². The van der Waals surface area contributed by atoms with Crippen LogP contribution >= 0.6 is 0 Å². The van der Waals surface area contributed by atoms with Crippen molar-refractivity contribution in [3.63, 3.8) is 0 Å². The monoisotopic (exact) mass is 454 g/mol. The molecule has 0 bridgehead atoms. The average Bonchev–Trinajstić information content (AvgIpc) is 3.25. The average molecular weight is 455 g/mol. The first kappa shape index (κ1) is 23.1. The molecule has 0 aliphatic carbocycles. The van der Waals surface area contributed by atoms with Crippen LogP contribution in [0.5, 0.6) is 0 Å². The number of nitrogens with zero attached hydrogens (tertiary/aromatic N) is 4. The van der Waals surface area contributed by atoms with E-state index in [9.17, 15) is 9.65 Å². The van der Waals surface area contributed by atoms with Crippen LogP contribution in [-0.2, 0) is 6.54 Å². The van der Waals surface area contributed by atoms with Gasteiger partial charge in [0.05, 0.1) is 23.0 Å². The first-order valence-electron chi connectivity index (χ1n) is 11.1. The number of aryl methyl sites for hydroxylation is 1. The molecule has 0 fully saturated rings. The van der Waals surface area contributed by atoms with Crippen LogP contribution in [0.25, 0.3) is 33.3 Å². The van der Waals surface area contributed by atoms with Gasteiger partial charge in [0.15, 0.2) is 0 Å². The van der Waals surface area contributed by atoms with Crippen molar-refractivity contribution in [2.45, 2.75) is 13.0 Å². The Morgan fingerprint density at radius 3 is 2.65 bits per heavy atom. The fourth-order valence-corrected chi connectivity index (χ4v) is 4.24. The van der Waals surface area contributed by atoms with Crippen molar-refractivity contribution in [1.82, 2.24) is 14.5 Å². The topological polar surface area (TPSA) is 80.7 Å². The number of pyridine rings is 1. The summed E-state index contributed by atoms with van der Waals surface area (Å²) in [6, 6.07) is 14.4. The third-order valence-corrected chi connectivity index (χ3v) is 5.96. The molecule has 0 aliphatic heterocycles. The number of fused-ring (bicyclic) bond motifs is 1. The molecule has 0 amide bonds. The van der Waals surface area contributed by atoms with Crippen LogP contribution in [0.4, 0.5) is 10.1 Å². The summed E-state index contributed by atoms with van der Waals surface area (Å²) in [4.78, 5) is 6.97. The minimum absolute atomic E-state index is 0.0103. The number of aromatic nitrogens is 2. The van der Waals surface area contributed by atoms with Gasteiger partial charge in [0.2, 0.25) is 0 Å². The van der Waals surface area contributed by atoms with Gasteiger partial charge < -0.3 is 20.2 Å². The Balaban J connectivity index is 1.92. The van der Waals surface area contributed by atoms with Gasteiger partial charge in [0.1, 0.15) is 11.9 Å². The van der Waals surface area contributed by atoms with E-state index in [0.717, 1.165) is 52.8 Å². The zero-order valence-electron chi connectivity index (χ0n) is 19.6. The Morgan fingerprint density at radius 1 is 1.18 bits per heavy atom. The molecule has 0 radical (unpaired) electrons. The van der Waals surface area contributed by atoms with E-state index >= 15 is 0 Å². The molecule has 2 aromatic heterocycles. The molecule has 172 valence electrons. The predicted octanol–water partition coefficient (Wildman–Crippen LogP) is 5.37. The van der Waals surface area contributed by atoms with E-state index in [1.807, 2.05) is 49.8 Å². The quantitative estimate of drug-likeness (QED) is 0.351. The summed E-state index contributed by atoms with van der Waals surface area (Å²) < 4.78 is 16.8. The lowest BCUT2D eigenvalue weighted by Crippen LogP contribution is -2.14. The third kappa shape index (κ3) is 4.41. The molecular formula is C27H27FN6. The maximum absolute atomic E-state index is 14.6. The summed E-state index contributed by atoms with van der Waals surface area (Å²) in [6.07, 6.45) is 6.20. The lowest BCUT2D eigenvalue weighted by molar-refractivity contribution is 0.388. The van der Waals surface area contributed by atoms with Gasteiger partial charge in [0.25, 0.3) is 0 Å². The van der Waals surface area contributed by atoms with Crippen molar-refractivity contribution in [2.24, 2.45) is 0 Å². The first-order chi connectivity index (χ1) is 16.5. The lowest BCUT2D eigenvalue weighted by Gasteiger charge is -2.15. The Morgan fingerprint density at radius 2 is 1.97 bits per heavy atom. The van der Waals surface area contributed by atoms with Crippen molar-refractivity contribution < 1.29 is 4.39 Å². The molecule has 4 rings (SSSR count). The maximum Gasteiger partial charge on any atom is 0.141 e. The number of halogens is 1. The van der Waals surface area contributed by atoms with Gasteiger partial charge in [-0.25, -0.2) is 4.39 Å². The SMILES string of the molecule is CNc1ccc(-c2ncc3c(ccn3CCCN(C)C)c2-c2ccc(C#N)c(F)c2)cc1C=N. The molecule has 2 heterocycles. The van der Waals surface area contributed by atoms with E-state index in [1.54, 1.807) is 6.07 Å². The molecule has 7 heteroatoms. The maximum atomic E-state index is 14.6. The fraction of sp³-hybridized carbons (Fsp3) is 0.222. The fourth-order valence-electron chi connectivity index (χ4n) is 4.24. The third-order valence-electron chi connectivity index (χ3n) is 5.96. The molecule has 34 heavy (non-hydrogen) atoms. The Bertz CT molecular complexity index is 1400. The molecule has 6 nitrogen and oxygen atoms in total. The Hall–Kier alpha value is -4.02. The molecule has 4 aromatic rings. The molecule has 0 unspecified atom stereocenters. The number of nitriles is 1. The van der Waals surface area contributed by atoms with Gasteiger partial charge in [-0.05, 0) is 63.0 Å². The van der Waals surface area contributed by atoms with Crippen LogP contribution in [0.3, 0.4) is 0 Å². The normalized spacial score (nSPS) is 11.1. The molecule has 0 atom stereocenters. The van der Waals surface area contributed by atoms with Crippen molar-refractivity contribution in [3.8, 4) is 28.5 Å². The van der Waals surface area contributed by atoms with Gasteiger partial charge in [-0.3, -0.25) is 4.98 Å². The zero-order valence-corrected chi connectivity index (χ0v) is 19.6. The van der Waals surface area contributed by atoms with Crippen molar-refractivity contribution in [1.29, 1.82) is 10.7 Å². The second kappa shape index (κ2) is 9.86. The largest absolute Gasteiger partial charge is 0.388 e. The van der Waals surface area contributed by atoms with Gasteiger partial charge in [0, 0.05) is 53.8 Å². The van der Waals surface area contributed by atoms with E-state index < -0.39 is 5.82 Å². The second-order valence-electron chi connectivity index (χ2n) is 8.45. The highest BCUT2D eigenvalue weighted by atomic mass is 19.1. The standard InChI is InChI=1S/C27H27FN6/c1-31-24-8-7-19(13-21(24)16-30)27-26(18-5-6-20(15-29)23(28)14-18)22-9-12-34(25(22)17-32-27)11-4-10-33(2)3/h5-9,12-14,16-17,30-31H,4,10-11H2,1-3H3. The van der Waals surface area contributed by atoms with Crippen LogP contribution in [0, 0.1) is 22.6 Å². The van der Waals surface area contributed by atoms with Crippen molar-refractivity contribution >= 4 is 22.8 Å². The van der Waals surface area contributed by atoms with Gasteiger partial charge in [-0.2, -0.15) is 5.26 Å². The minimum atomic E-state index is -0.556. The molecule has 0 aliphatic rings. The van der Waals surface area contributed by atoms with E-state index in [-0.39, 0.29) is 5.56 Å². The smallest absolute Gasteiger partial charge is 0.141 e. The van der Waals surface area contributed by atoms with E-state index in [1.165, 1.54) is 18.3 Å². The summed E-state index contributed by atoms with van der Waals surface area (Å²) in [5.74, 6) is -0.556. The molecule has 2 N–H and O–H groups in total. The van der Waals surface area contributed by atoms with Crippen molar-refractivity contribution in [2.75, 3.05) is 33.0 Å². The number of rotatable bonds is 8.